The van der Waals surface area contributed by atoms with Gasteiger partial charge in [-0.25, -0.2) is 4.79 Å². The molecule has 0 amide bonds. The summed E-state index contributed by atoms with van der Waals surface area (Å²) < 4.78 is 0. The molecule has 12 heavy (non-hydrogen) atoms. The van der Waals surface area contributed by atoms with Gasteiger partial charge in [-0.3, -0.25) is 4.79 Å². The summed E-state index contributed by atoms with van der Waals surface area (Å²) in [7, 11) is 0. The Kier molecular flexibility index (Phi) is 4.28. The predicted octanol–water partition coefficient (Wildman–Crippen LogP) is -0.0672. The van der Waals surface area contributed by atoms with E-state index in [-0.39, 0.29) is 6.42 Å². The fraction of sp³-hybridized carbons (Fsp3) is 0.714. The van der Waals surface area contributed by atoms with Crippen molar-refractivity contribution >= 4 is 11.9 Å². The first-order valence-electron chi connectivity index (χ1n) is 3.64. The molecule has 0 aliphatic heterocycles. The zero-order valence-electron chi connectivity index (χ0n) is 6.73. The van der Waals surface area contributed by atoms with Crippen molar-refractivity contribution in [3.63, 3.8) is 0 Å². The molecule has 0 aromatic heterocycles. The molecule has 0 aliphatic carbocycles. The second-order valence-electron chi connectivity index (χ2n) is 2.52. The molecule has 2 unspecified atom stereocenters. The summed E-state index contributed by atoms with van der Waals surface area (Å²) in [5.41, 5.74) is 0. The maximum Gasteiger partial charge on any atom is 0.333 e. The van der Waals surface area contributed by atoms with E-state index in [9.17, 15) is 9.59 Å². The molecule has 0 saturated carbocycles. The minimum atomic E-state index is -1.80. The molecule has 5 nitrogen and oxygen atoms in total. The minimum Gasteiger partial charge on any atom is -0.481 e. The molecule has 0 bridgehead atoms. The summed E-state index contributed by atoms with van der Waals surface area (Å²) in [5.74, 6) is -3.96. The van der Waals surface area contributed by atoms with Gasteiger partial charge in [0, 0.05) is 0 Å². The average molecular weight is 176 g/mol. The Balaban J connectivity index is 4.28. The zero-order valence-corrected chi connectivity index (χ0v) is 6.73. The summed E-state index contributed by atoms with van der Waals surface area (Å²) in [5, 5.41) is 25.7. The van der Waals surface area contributed by atoms with E-state index in [4.69, 9.17) is 15.3 Å². The van der Waals surface area contributed by atoms with Crippen LogP contribution < -0.4 is 0 Å². The summed E-state index contributed by atoms with van der Waals surface area (Å²) in [6.45, 7) is 1.73. The topological polar surface area (TPSA) is 94.8 Å². The van der Waals surface area contributed by atoms with Gasteiger partial charge >= 0.3 is 11.9 Å². The molecule has 0 aromatic carbocycles. The average Bonchev–Trinajstić information content (AvgIpc) is 1.98. The number of carboxylic acid groups (broad SMARTS) is 2. The van der Waals surface area contributed by atoms with Gasteiger partial charge in [0.2, 0.25) is 0 Å². The maximum absolute atomic E-state index is 10.4. The van der Waals surface area contributed by atoms with Crippen molar-refractivity contribution in [2.24, 2.45) is 5.92 Å². The molecule has 5 heteroatoms. The Morgan fingerprint density at radius 3 is 2.00 bits per heavy atom. The third-order valence-corrected chi connectivity index (χ3v) is 1.55. The Labute approximate surface area is 69.6 Å². The standard InChI is InChI=1S/C7H12O5/c1-2-3-4(6(9)10)5(8)7(11)12/h4-5,8H,2-3H2,1H3,(H,9,10)(H,11,12). The molecule has 0 radical (unpaired) electrons. The van der Waals surface area contributed by atoms with Crippen LogP contribution in [0.2, 0.25) is 0 Å². The van der Waals surface area contributed by atoms with Crippen molar-refractivity contribution < 1.29 is 24.9 Å². The molecule has 2 atom stereocenters. The lowest BCUT2D eigenvalue weighted by Crippen LogP contribution is -2.34. The summed E-state index contributed by atoms with van der Waals surface area (Å²) >= 11 is 0. The lowest BCUT2D eigenvalue weighted by atomic mass is 9.97. The molecule has 0 saturated heterocycles. The van der Waals surface area contributed by atoms with Crippen molar-refractivity contribution in [2.45, 2.75) is 25.9 Å². The normalized spacial score (nSPS) is 15.2. The molecule has 70 valence electrons. The van der Waals surface area contributed by atoms with Crippen LogP contribution in [0.4, 0.5) is 0 Å². The van der Waals surface area contributed by atoms with Crippen LogP contribution in [-0.4, -0.2) is 33.4 Å². The number of rotatable bonds is 5. The van der Waals surface area contributed by atoms with Crippen molar-refractivity contribution in [1.82, 2.24) is 0 Å². The first kappa shape index (κ1) is 10.9. The fourth-order valence-electron chi connectivity index (χ4n) is 0.900. The summed E-state index contributed by atoms with van der Waals surface area (Å²) in [6, 6.07) is 0. The second kappa shape index (κ2) is 4.71. The Morgan fingerprint density at radius 2 is 1.75 bits per heavy atom. The van der Waals surface area contributed by atoms with Crippen molar-refractivity contribution in [2.75, 3.05) is 0 Å². The number of carbonyl (C=O) groups is 2. The largest absolute Gasteiger partial charge is 0.481 e. The summed E-state index contributed by atoms with van der Waals surface area (Å²) in [4.78, 5) is 20.6. The lowest BCUT2D eigenvalue weighted by Gasteiger charge is -2.13. The number of aliphatic carboxylic acids is 2. The SMILES string of the molecule is CCCC(C(=O)O)C(O)C(=O)O. The molecule has 0 spiro atoms. The first-order valence-corrected chi connectivity index (χ1v) is 3.64. The molecule has 0 aliphatic rings. The highest BCUT2D eigenvalue weighted by atomic mass is 16.4. The van der Waals surface area contributed by atoms with E-state index < -0.39 is 24.0 Å². The van der Waals surface area contributed by atoms with Crippen LogP contribution in [0.15, 0.2) is 0 Å². The van der Waals surface area contributed by atoms with Gasteiger partial charge in [-0.05, 0) is 6.42 Å². The Hall–Kier alpha value is -1.10. The van der Waals surface area contributed by atoms with E-state index in [1.807, 2.05) is 0 Å². The van der Waals surface area contributed by atoms with Crippen LogP contribution in [-0.2, 0) is 9.59 Å². The quantitative estimate of drug-likeness (QED) is 0.545. The van der Waals surface area contributed by atoms with Crippen molar-refractivity contribution in [1.29, 1.82) is 0 Å². The predicted molar refractivity (Wildman–Crippen MR) is 39.7 cm³/mol. The highest BCUT2D eigenvalue weighted by Gasteiger charge is 2.30. The van der Waals surface area contributed by atoms with Gasteiger partial charge in [0.25, 0.3) is 0 Å². The van der Waals surface area contributed by atoms with Crippen molar-refractivity contribution in [3.8, 4) is 0 Å². The Bertz CT molecular complexity index is 177. The number of hydrogen-bond donors (Lipinski definition) is 3. The van der Waals surface area contributed by atoms with Gasteiger partial charge in [0.15, 0.2) is 6.10 Å². The highest BCUT2D eigenvalue weighted by molar-refractivity contribution is 5.81. The number of carboxylic acids is 2. The van der Waals surface area contributed by atoms with Crippen LogP contribution >= 0.6 is 0 Å². The molecular formula is C7H12O5. The lowest BCUT2D eigenvalue weighted by molar-refractivity contribution is -0.159. The van der Waals surface area contributed by atoms with E-state index in [1.165, 1.54) is 0 Å². The van der Waals surface area contributed by atoms with Gasteiger partial charge in [-0.15, -0.1) is 0 Å². The minimum absolute atomic E-state index is 0.169. The second-order valence-corrected chi connectivity index (χ2v) is 2.52. The molecule has 0 fully saturated rings. The number of hydrogen-bond acceptors (Lipinski definition) is 3. The molecule has 0 aromatic rings. The highest BCUT2D eigenvalue weighted by Crippen LogP contribution is 2.11. The summed E-state index contributed by atoms with van der Waals surface area (Å²) in [6.07, 6.45) is -1.10. The number of aliphatic hydroxyl groups is 1. The van der Waals surface area contributed by atoms with E-state index in [1.54, 1.807) is 6.92 Å². The number of aliphatic hydroxyl groups excluding tert-OH is 1. The van der Waals surface area contributed by atoms with E-state index in [0.717, 1.165) is 0 Å². The van der Waals surface area contributed by atoms with Gasteiger partial charge in [-0.2, -0.15) is 0 Å². The smallest absolute Gasteiger partial charge is 0.333 e. The van der Waals surface area contributed by atoms with Gasteiger partial charge in [0.1, 0.15) is 0 Å². The molecule has 0 rings (SSSR count). The van der Waals surface area contributed by atoms with E-state index in [2.05, 4.69) is 0 Å². The fourth-order valence-corrected chi connectivity index (χ4v) is 0.900. The third-order valence-electron chi connectivity index (χ3n) is 1.55. The van der Waals surface area contributed by atoms with Crippen LogP contribution in [0.3, 0.4) is 0 Å². The van der Waals surface area contributed by atoms with Gasteiger partial charge < -0.3 is 15.3 Å². The third kappa shape index (κ3) is 2.87. The van der Waals surface area contributed by atoms with Crippen LogP contribution in [0.1, 0.15) is 19.8 Å². The Morgan fingerprint density at radius 1 is 1.25 bits per heavy atom. The molecule has 3 N–H and O–H groups in total. The molecule has 0 heterocycles. The van der Waals surface area contributed by atoms with Gasteiger partial charge in [-0.1, -0.05) is 13.3 Å². The maximum atomic E-state index is 10.4. The van der Waals surface area contributed by atoms with Crippen molar-refractivity contribution in [3.05, 3.63) is 0 Å². The molecular weight excluding hydrogens is 164 g/mol. The van der Waals surface area contributed by atoms with Crippen LogP contribution in [0.5, 0.6) is 0 Å². The van der Waals surface area contributed by atoms with Crippen LogP contribution in [0, 0.1) is 5.92 Å². The first-order chi connectivity index (χ1) is 5.50. The van der Waals surface area contributed by atoms with Gasteiger partial charge in [0.05, 0.1) is 5.92 Å². The monoisotopic (exact) mass is 176 g/mol. The zero-order chi connectivity index (χ0) is 9.72. The van der Waals surface area contributed by atoms with Crippen LogP contribution in [0.25, 0.3) is 0 Å². The van der Waals surface area contributed by atoms with E-state index in [0.29, 0.717) is 6.42 Å². The van der Waals surface area contributed by atoms with E-state index >= 15 is 0 Å².